The number of aliphatic hydroxyl groups is 2. The maximum absolute atomic E-state index is 9.85. The largest absolute Gasteiger partial charge is 0.390 e. The van der Waals surface area contributed by atoms with Crippen molar-refractivity contribution < 1.29 is 10.2 Å². The van der Waals surface area contributed by atoms with E-state index in [1.165, 1.54) is 0 Å². The van der Waals surface area contributed by atoms with Gasteiger partial charge in [-0.15, -0.1) is 0 Å². The van der Waals surface area contributed by atoms with Gasteiger partial charge in [0.1, 0.15) is 0 Å². The summed E-state index contributed by atoms with van der Waals surface area (Å²) in [4.78, 5) is 0. The Balaban J connectivity index is 2.92. The van der Waals surface area contributed by atoms with E-state index in [9.17, 15) is 10.2 Å². The summed E-state index contributed by atoms with van der Waals surface area (Å²) in [5, 5.41) is 24.4. The lowest BCUT2D eigenvalue weighted by Crippen LogP contribution is -2.28. The monoisotopic (exact) mass is 260 g/mol. The van der Waals surface area contributed by atoms with Crippen molar-refractivity contribution in [3.8, 4) is 0 Å². The molecule has 2 unspecified atom stereocenters. The van der Waals surface area contributed by atoms with Crippen LogP contribution < -0.4 is 0 Å². The van der Waals surface area contributed by atoms with Gasteiger partial charge in [-0.05, 0) is 19.8 Å². The highest BCUT2D eigenvalue weighted by Gasteiger charge is 2.21. The van der Waals surface area contributed by atoms with Gasteiger partial charge in [-0.3, -0.25) is 4.68 Å². The van der Waals surface area contributed by atoms with Crippen molar-refractivity contribution in [2.45, 2.75) is 58.8 Å². The topological polar surface area (TPSA) is 58.3 Å². The van der Waals surface area contributed by atoms with Crippen LogP contribution in [0.1, 0.15) is 38.6 Å². The molecule has 1 rings (SSSR count). The molecule has 0 aliphatic heterocycles. The number of aromatic nitrogens is 2. The molecule has 1 heterocycles. The molecule has 0 radical (unpaired) electrons. The van der Waals surface area contributed by atoms with Gasteiger partial charge in [-0.2, -0.15) is 5.10 Å². The van der Waals surface area contributed by atoms with Crippen molar-refractivity contribution in [2.75, 3.05) is 0 Å². The highest BCUT2D eigenvalue weighted by molar-refractivity contribution is 6.31. The van der Waals surface area contributed by atoms with Crippen LogP contribution >= 0.6 is 11.6 Å². The first-order valence-corrected chi connectivity index (χ1v) is 6.53. The molecule has 0 saturated heterocycles. The number of nitrogens with zero attached hydrogens (tertiary/aromatic N) is 2. The molecule has 2 N–H and O–H groups in total. The molecule has 4 nitrogen and oxygen atoms in total. The van der Waals surface area contributed by atoms with Crippen LogP contribution in [0.4, 0.5) is 0 Å². The van der Waals surface area contributed by atoms with Crippen LogP contribution in [0.2, 0.25) is 5.02 Å². The Kier molecular flexibility index (Phi) is 5.43. The molecule has 0 spiro atoms. The van der Waals surface area contributed by atoms with E-state index < -0.39 is 12.2 Å². The molecule has 5 heteroatoms. The van der Waals surface area contributed by atoms with Crippen LogP contribution in [-0.2, 0) is 19.4 Å². The molecule has 0 fully saturated rings. The summed E-state index contributed by atoms with van der Waals surface area (Å²) in [6, 6.07) is 0. The minimum absolute atomic E-state index is 0.342. The zero-order chi connectivity index (χ0) is 13.0. The van der Waals surface area contributed by atoms with Gasteiger partial charge in [0.25, 0.3) is 0 Å². The average Bonchev–Trinajstić information content (AvgIpc) is 2.65. The average molecular weight is 261 g/mol. The molecule has 2 atom stereocenters. The van der Waals surface area contributed by atoms with E-state index >= 15 is 0 Å². The third kappa shape index (κ3) is 3.21. The lowest BCUT2D eigenvalue weighted by molar-refractivity contribution is 0.0170. The second-order valence-electron chi connectivity index (χ2n) is 4.12. The smallest absolute Gasteiger partial charge is 0.0854 e. The van der Waals surface area contributed by atoms with E-state index in [0.717, 1.165) is 17.8 Å². The Labute approximate surface area is 107 Å². The zero-order valence-electron chi connectivity index (χ0n) is 10.6. The first kappa shape index (κ1) is 14.5. The van der Waals surface area contributed by atoms with Gasteiger partial charge in [-0.1, -0.05) is 25.4 Å². The van der Waals surface area contributed by atoms with E-state index in [2.05, 4.69) is 5.10 Å². The second-order valence-corrected chi connectivity index (χ2v) is 4.50. The Hall–Kier alpha value is -0.580. The Morgan fingerprint density at radius 3 is 2.35 bits per heavy atom. The number of hydrogen-bond acceptors (Lipinski definition) is 3. The molecule has 0 saturated carbocycles. The number of aliphatic hydroxyl groups excluding tert-OH is 2. The van der Waals surface area contributed by atoms with Crippen molar-refractivity contribution in [3.63, 3.8) is 0 Å². The van der Waals surface area contributed by atoms with Crippen molar-refractivity contribution in [3.05, 3.63) is 16.4 Å². The fourth-order valence-electron chi connectivity index (χ4n) is 1.82. The first-order chi connectivity index (χ1) is 8.04. The molecule has 0 amide bonds. The quantitative estimate of drug-likeness (QED) is 0.820. The minimum Gasteiger partial charge on any atom is -0.390 e. The van der Waals surface area contributed by atoms with E-state index in [1.54, 1.807) is 4.68 Å². The molecule has 98 valence electrons. The Bertz CT molecular complexity index is 366. The molecule has 0 aliphatic rings. The van der Waals surface area contributed by atoms with Crippen LogP contribution in [0, 0.1) is 0 Å². The van der Waals surface area contributed by atoms with Crippen LogP contribution in [-0.4, -0.2) is 32.2 Å². The highest BCUT2D eigenvalue weighted by Crippen LogP contribution is 2.23. The summed E-state index contributed by atoms with van der Waals surface area (Å²) in [5.74, 6) is 0. The van der Waals surface area contributed by atoms with E-state index in [0.29, 0.717) is 24.4 Å². The SMILES string of the molecule is CCc1nn(CC)c(CC(O)C(O)CC)c1Cl. The van der Waals surface area contributed by atoms with Gasteiger partial charge in [0, 0.05) is 13.0 Å². The van der Waals surface area contributed by atoms with Gasteiger partial charge in [0.15, 0.2) is 0 Å². The maximum atomic E-state index is 9.85. The summed E-state index contributed by atoms with van der Waals surface area (Å²) in [7, 11) is 0. The third-order valence-electron chi connectivity index (χ3n) is 2.96. The first-order valence-electron chi connectivity index (χ1n) is 6.15. The van der Waals surface area contributed by atoms with Crippen LogP contribution in [0.15, 0.2) is 0 Å². The number of hydrogen-bond donors (Lipinski definition) is 2. The Morgan fingerprint density at radius 1 is 1.24 bits per heavy atom. The van der Waals surface area contributed by atoms with Crippen LogP contribution in [0.3, 0.4) is 0 Å². The molecule has 17 heavy (non-hydrogen) atoms. The fraction of sp³-hybridized carbons (Fsp3) is 0.750. The molecule has 0 aliphatic carbocycles. The van der Waals surface area contributed by atoms with Gasteiger partial charge in [0.2, 0.25) is 0 Å². The van der Waals surface area contributed by atoms with Crippen molar-refractivity contribution >= 4 is 11.6 Å². The predicted molar refractivity (Wildman–Crippen MR) is 68.3 cm³/mol. The summed E-state index contributed by atoms with van der Waals surface area (Å²) < 4.78 is 1.80. The summed E-state index contributed by atoms with van der Waals surface area (Å²) >= 11 is 6.22. The Morgan fingerprint density at radius 2 is 1.88 bits per heavy atom. The van der Waals surface area contributed by atoms with Gasteiger partial charge in [0.05, 0.1) is 28.6 Å². The number of rotatable bonds is 6. The summed E-state index contributed by atoms with van der Waals surface area (Å²) in [5.41, 5.74) is 1.66. The zero-order valence-corrected chi connectivity index (χ0v) is 11.4. The van der Waals surface area contributed by atoms with Gasteiger partial charge >= 0.3 is 0 Å². The van der Waals surface area contributed by atoms with Crippen molar-refractivity contribution in [2.24, 2.45) is 0 Å². The van der Waals surface area contributed by atoms with E-state index in [1.807, 2.05) is 20.8 Å². The van der Waals surface area contributed by atoms with E-state index in [4.69, 9.17) is 11.6 Å². The van der Waals surface area contributed by atoms with Gasteiger partial charge in [-0.25, -0.2) is 0 Å². The predicted octanol–water partition coefficient (Wildman–Crippen LogP) is 1.79. The van der Waals surface area contributed by atoms with Crippen LogP contribution in [0.5, 0.6) is 0 Å². The maximum Gasteiger partial charge on any atom is 0.0854 e. The third-order valence-corrected chi connectivity index (χ3v) is 3.40. The minimum atomic E-state index is -0.788. The van der Waals surface area contributed by atoms with Crippen molar-refractivity contribution in [1.29, 1.82) is 0 Å². The number of halogens is 1. The highest BCUT2D eigenvalue weighted by atomic mass is 35.5. The molecule has 0 aromatic carbocycles. The fourth-order valence-corrected chi connectivity index (χ4v) is 2.16. The lowest BCUT2D eigenvalue weighted by atomic mass is 10.1. The molecular formula is C12H21ClN2O2. The lowest BCUT2D eigenvalue weighted by Gasteiger charge is -2.16. The second kappa shape index (κ2) is 6.38. The molecule has 0 bridgehead atoms. The number of aryl methyl sites for hydroxylation is 2. The van der Waals surface area contributed by atoms with Crippen molar-refractivity contribution in [1.82, 2.24) is 9.78 Å². The van der Waals surface area contributed by atoms with Crippen LogP contribution in [0.25, 0.3) is 0 Å². The summed E-state index contributed by atoms with van der Waals surface area (Å²) in [6.07, 6.45) is 0.139. The molecule has 1 aromatic rings. The normalized spacial score (nSPS) is 14.9. The standard InChI is InChI=1S/C12H21ClN2O2/c1-4-8-12(13)9(15(6-3)14-8)7-11(17)10(16)5-2/h10-11,16-17H,4-7H2,1-3H3. The van der Waals surface area contributed by atoms with E-state index in [-0.39, 0.29) is 0 Å². The summed E-state index contributed by atoms with van der Waals surface area (Å²) in [6.45, 7) is 6.53. The molecular weight excluding hydrogens is 240 g/mol. The molecule has 1 aromatic heterocycles. The van der Waals surface area contributed by atoms with Gasteiger partial charge < -0.3 is 10.2 Å².